The molecule has 0 amide bonds. The van der Waals surface area contributed by atoms with Gasteiger partial charge in [-0.3, -0.25) is 9.78 Å². The highest BCUT2D eigenvalue weighted by Gasteiger charge is 2.20. The third kappa shape index (κ3) is 3.47. The summed E-state index contributed by atoms with van der Waals surface area (Å²) in [6, 6.07) is 20.9. The highest BCUT2D eigenvalue weighted by molar-refractivity contribution is 5.73. The van der Waals surface area contributed by atoms with Gasteiger partial charge in [0.15, 0.2) is 6.10 Å². The number of carbonyl (C=O) groups is 1. The number of pyridine rings is 2. The van der Waals surface area contributed by atoms with Crippen LogP contribution >= 0.6 is 0 Å². The van der Waals surface area contributed by atoms with Crippen LogP contribution in [0.2, 0.25) is 0 Å². The van der Waals surface area contributed by atoms with E-state index in [2.05, 4.69) is 9.97 Å². The quantitative estimate of drug-likeness (QED) is 0.520. The number of ether oxygens (including phenoxy) is 1. The average molecular weight is 343 g/mol. The SMILES string of the molecule is O=C(Cc1cn2ccccc2n1)OC(c1ccccc1)c1ccccn1. The minimum Gasteiger partial charge on any atom is -0.451 e. The number of hydrogen-bond donors (Lipinski definition) is 0. The van der Waals surface area contributed by atoms with Gasteiger partial charge >= 0.3 is 5.97 Å². The van der Waals surface area contributed by atoms with Crippen LogP contribution < -0.4 is 0 Å². The lowest BCUT2D eigenvalue weighted by molar-refractivity contribution is -0.146. The Kier molecular flexibility index (Phi) is 4.43. The lowest BCUT2D eigenvalue weighted by Crippen LogP contribution is -2.15. The van der Waals surface area contributed by atoms with E-state index in [0.717, 1.165) is 11.2 Å². The number of aromatic nitrogens is 3. The summed E-state index contributed by atoms with van der Waals surface area (Å²) < 4.78 is 7.66. The molecular formula is C21H17N3O2. The summed E-state index contributed by atoms with van der Waals surface area (Å²) in [6.45, 7) is 0. The predicted molar refractivity (Wildman–Crippen MR) is 97.5 cm³/mol. The Bertz CT molecular complexity index is 941. The minimum atomic E-state index is -0.540. The number of benzene rings is 1. The molecule has 128 valence electrons. The van der Waals surface area contributed by atoms with Gasteiger partial charge in [-0.2, -0.15) is 0 Å². The van der Waals surface area contributed by atoms with Crippen LogP contribution in [0.5, 0.6) is 0 Å². The van der Waals surface area contributed by atoms with E-state index in [0.29, 0.717) is 11.4 Å². The highest BCUT2D eigenvalue weighted by atomic mass is 16.5. The lowest BCUT2D eigenvalue weighted by Gasteiger charge is -2.17. The zero-order chi connectivity index (χ0) is 17.8. The largest absolute Gasteiger partial charge is 0.451 e. The molecular weight excluding hydrogens is 326 g/mol. The molecule has 0 aliphatic heterocycles. The molecule has 0 spiro atoms. The number of carbonyl (C=O) groups excluding carboxylic acids is 1. The van der Waals surface area contributed by atoms with Crippen LogP contribution in [0.4, 0.5) is 0 Å². The Hall–Kier alpha value is -3.47. The number of hydrogen-bond acceptors (Lipinski definition) is 4. The van der Waals surface area contributed by atoms with Crippen LogP contribution in [0.15, 0.2) is 85.3 Å². The highest BCUT2D eigenvalue weighted by Crippen LogP contribution is 2.24. The molecule has 4 aromatic rings. The van der Waals surface area contributed by atoms with Crippen molar-refractivity contribution in [1.29, 1.82) is 0 Å². The van der Waals surface area contributed by atoms with Crippen LogP contribution in [0.25, 0.3) is 5.65 Å². The van der Waals surface area contributed by atoms with E-state index < -0.39 is 6.10 Å². The zero-order valence-electron chi connectivity index (χ0n) is 14.0. The fourth-order valence-electron chi connectivity index (χ4n) is 2.85. The normalized spacial score (nSPS) is 12.0. The first-order chi connectivity index (χ1) is 12.8. The van der Waals surface area contributed by atoms with Crippen molar-refractivity contribution in [3.8, 4) is 0 Å². The van der Waals surface area contributed by atoms with E-state index in [1.165, 1.54) is 0 Å². The van der Waals surface area contributed by atoms with E-state index in [-0.39, 0.29) is 12.4 Å². The second-order valence-electron chi connectivity index (χ2n) is 5.91. The molecule has 0 radical (unpaired) electrons. The molecule has 0 fully saturated rings. The van der Waals surface area contributed by atoms with E-state index in [1.54, 1.807) is 6.20 Å². The Morgan fingerprint density at radius 2 is 1.81 bits per heavy atom. The smallest absolute Gasteiger partial charge is 0.312 e. The fourth-order valence-corrected chi connectivity index (χ4v) is 2.85. The van der Waals surface area contributed by atoms with Crippen molar-refractivity contribution in [2.45, 2.75) is 12.5 Å². The van der Waals surface area contributed by atoms with Gasteiger partial charge in [-0.15, -0.1) is 0 Å². The van der Waals surface area contributed by atoms with Crippen molar-refractivity contribution >= 4 is 11.6 Å². The summed E-state index contributed by atoms with van der Waals surface area (Å²) in [6.07, 6.45) is 5.01. The van der Waals surface area contributed by atoms with Crippen molar-refractivity contribution < 1.29 is 9.53 Å². The van der Waals surface area contributed by atoms with Gasteiger partial charge in [-0.1, -0.05) is 42.5 Å². The Morgan fingerprint density at radius 3 is 2.58 bits per heavy atom. The minimum absolute atomic E-state index is 0.109. The maximum Gasteiger partial charge on any atom is 0.312 e. The molecule has 0 aliphatic rings. The first kappa shape index (κ1) is 16.0. The molecule has 0 saturated carbocycles. The van der Waals surface area contributed by atoms with Gasteiger partial charge in [-0.25, -0.2) is 4.98 Å². The Balaban J connectivity index is 1.56. The molecule has 5 heteroatoms. The molecule has 26 heavy (non-hydrogen) atoms. The second-order valence-corrected chi connectivity index (χ2v) is 5.91. The van der Waals surface area contributed by atoms with E-state index in [1.807, 2.05) is 83.5 Å². The topological polar surface area (TPSA) is 56.5 Å². The molecule has 1 atom stereocenters. The van der Waals surface area contributed by atoms with E-state index in [4.69, 9.17) is 4.74 Å². The monoisotopic (exact) mass is 343 g/mol. The molecule has 0 aliphatic carbocycles. The van der Waals surface area contributed by atoms with Crippen molar-refractivity contribution in [1.82, 2.24) is 14.4 Å². The molecule has 0 bridgehead atoms. The average Bonchev–Trinajstić information content (AvgIpc) is 3.09. The van der Waals surface area contributed by atoms with Crippen LogP contribution in [-0.2, 0) is 16.0 Å². The van der Waals surface area contributed by atoms with Gasteiger partial charge in [-0.05, 0) is 29.8 Å². The number of imidazole rings is 1. The molecule has 4 rings (SSSR count). The summed E-state index contributed by atoms with van der Waals surface area (Å²) in [4.78, 5) is 21.4. The number of fused-ring (bicyclic) bond motifs is 1. The van der Waals surface area contributed by atoms with Gasteiger partial charge in [0, 0.05) is 18.6 Å². The maximum absolute atomic E-state index is 12.5. The fraction of sp³-hybridized carbons (Fsp3) is 0.0952. The summed E-state index contributed by atoms with van der Waals surface area (Å²) >= 11 is 0. The molecule has 0 N–H and O–H groups in total. The number of esters is 1. The third-order valence-corrected chi connectivity index (χ3v) is 4.05. The molecule has 3 heterocycles. The maximum atomic E-state index is 12.5. The summed E-state index contributed by atoms with van der Waals surface area (Å²) in [5.74, 6) is -0.340. The summed E-state index contributed by atoms with van der Waals surface area (Å²) in [7, 11) is 0. The van der Waals surface area contributed by atoms with Crippen molar-refractivity contribution in [2.24, 2.45) is 0 Å². The molecule has 0 saturated heterocycles. The first-order valence-corrected chi connectivity index (χ1v) is 8.37. The van der Waals surface area contributed by atoms with Gasteiger partial charge in [0.2, 0.25) is 0 Å². The Labute approximate surface area is 150 Å². The standard InChI is InChI=1S/C21H17N3O2/c25-20(14-17-15-24-13-7-5-11-19(24)23-17)26-21(16-8-2-1-3-9-16)18-10-4-6-12-22-18/h1-13,15,21H,14H2. The van der Waals surface area contributed by atoms with Crippen molar-refractivity contribution in [3.05, 3.63) is 102 Å². The van der Waals surface area contributed by atoms with Gasteiger partial charge in [0.25, 0.3) is 0 Å². The molecule has 1 aromatic carbocycles. The van der Waals surface area contributed by atoms with Crippen LogP contribution in [-0.4, -0.2) is 20.3 Å². The van der Waals surface area contributed by atoms with Gasteiger partial charge < -0.3 is 9.14 Å². The van der Waals surface area contributed by atoms with Gasteiger partial charge in [0.1, 0.15) is 5.65 Å². The summed E-state index contributed by atoms with van der Waals surface area (Å²) in [5.41, 5.74) is 3.06. The van der Waals surface area contributed by atoms with Crippen LogP contribution in [0.3, 0.4) is 0 Å². The van der Waals surface area contributed by atoms with Crippen molar-refractivity contribution in [2.75, 3.05) is 0 Å². The third-order valence-electron chi connectivity index (χ3n) is 4.05. The Morgan fingerprint density at radius 1 is 1.00 bits per heavy atom. The van der Waals surface area contributed by atoms with Crippen molar-refractivity contribution in [3.63, 3.8) is 0 Å². The zero-order valence-corrected chi connectivity index (χ0v) is 14.0. The number of rotatable bonds is 5. The lowest BCUT2D eigenvalue weighted by atomic mass is 10.1. The van der Waals surface area contributed by atoms with Crippen LogP contribution in [0.1, 0.15) is 23.1 Å². The molecule has 5 nitrogen and oxygen atoms in total. The number of nitrogens with zero attached hydrogens (tertiary/aromatic N) is 3. The predicted octanol–water partition coefficient (Wildman–Crippen LogP) is 3.60. The van der Waals surface area contributed by atoms with E-state index >= 15 is 0 Å². The van der Waals surface area contributed by atoms with E-state index in [9.17, 15) is 4.79 Å². The first-order valence-electron chi connectivity index (χ1n) is 8.37. The van der Waals surface area contributed by atoms with Gasteiger partial charge in [0.05, 0.1) is 17.8 Å². The molecule has 3 aromatic heterocycles. The molecule has 1 unspecified atom stereocenters. The second kappa shape index (κ2) is 7.19. The summed E-state index contributed by atoms with van der Waals surface area (Å²) in [5, 5.41) is 0. The van der Waals surface area contributed by atoms with Crippen LogP contribution in [0, 0.1) is 0 Å².